The average Bonchev–Trinajstić information content (AvgIpc) is 2.40. The molecule has 0 heterocycles. The molecule has 0 radical (unpaired) electrons. The van der Waals surface area contributed by atoms with Crippen molar-refractivity contribution in [3.05, 3.63) is 58.9 Å². The molecular weight excluding hydrogens is 321 g/mol. The summed E-state index contributed by atoms with van der Waals surface area (Å²) in [5.74, 6) is -2.29. The van der Waals surface area contributed by atoms with E-state index in [1.54, 1.807) is 0 Å². The summed E-state index contributed by atoms with van der Waals surface area (Å²) in [7, 11) is -4.24. The Morgan fingerprint density at radius 1 is 1.19 bits per heavy atom. The third-order valence-electron chi connectivity index (χ3n) is 2.58. The summed E-state index contributed by atoms with van der Waals surface area (Å²) in [4.78, 5) is 10.5. The fourth-order valence-electron chi connectivity index (χ4n) is 1.64. The zero-order valence-corrected chi connectivity index (χ0v) is 12.0. The van der Waals surface area contributed by atoms with E-state index < -0.39 is 26.7 Å². The summed E-state index contributed by atoms with van der Waals surface area (Å²) in [6.45, 7) is 0. The molecule has 0 spiro atoms. The number of halogens is 2. The molecule has 2 N–H and O–H groups in total. The molecule has 2 aromatic carbocycles. The van der Waals surface area contributed by atoms with Crippen molar-refractivity contribution in [2.45, 2.75) is 4.90 Å². The van der Waals surface area contributed by atoms with Crippen LogP contribution in [-0.2, 0) is 10.0 Å². The molecule has 8 heteroatoms. The van der Waals surface area contributed by atoms with Gasteiger partial charge in [0.15, 0.2) is 0 Å². The van der Waals surface area contributed by atoms with Crippen LogP contribution in [0.3, 0.4) is 0 Å². The summed E-state index contributed by atoms with van der Waals surface area (Å²) in [5.41, 5.74) is -0.530. The molecule has 2 rings (SSSR count). The lowest BCUT2D eigenvalue weighted by Crippen LogP contribution is -2.16. The molecule has 0 aliphatic heterocycles. The van der Waals surface area contributed by atoms with Crippen molar-refractivity contribution in [2.24, 2.45) is 0 Å². The van der Waals surface area contributed by atoms with Gasteiger partial charge >= 0.3 is 5.97 Å². The van der Waals surface area contributed by atoms with Crippen LogP contribution in [0.15, 0.2) is 47.4 Å². The summed E-state index contributed by atoms with van der Waals surface area (Å²) in [6, 6.07) is 8.40. The highest BCUT2D eigenvalue weighted by molar-refractivity contribution is 7.92. The third kappa shape index (κ3) is 3.32. The van der Waals surface area contributed by atoms with Crippen LogP contribution in [-0.4, -0.2) is 19.5 Å². The number of hydrogen-bond donors (Lipinski definition) is 2. The Labute approximate surface area is 125 Å². The van der Waals surface area contributed by atoms with Gasteiger partial charge in [-0.15, -0.1) is 0 Å². The predicted molar refractivity (Wildman–Crippen MR) is 75.6 cm³/mol. The van der Waals surface area contributed by atoms with Gasteiger partial charge in [-0.25, -0.2) is 17.6 Å². The Hall–Kier alpha value is -2.12. The molecule has 0 aliphatic rings. The van der Waals surface area contributed by atoms with E-state index in [1.807, 2.05) is 4.72 Å². The Balaban J connectivity index is 2.47. The van der Waals surface area contributed by atoms with Gasteiger partial charge in [0, 0.05) is 5.02 Å². The number of carboxylic acids is 1. The van der Waals surface area contributed by atoms with Crippen molar-refractivity contribution < 1.29 is 22.7 Å². The molecule has 0 amide bonds. The minimum absolute atomic E-state index is 0.140. The second-order valence-electron chi connectivity index (χ2n) is 4.03. The van der Waals surface area contributed by atoms with Gasteiger partial charge in [-0.2, -0.15) is 0 Å². The van der Waals surface area contributed by atoms with Crippen molar-refractivity contribution in [1.29, 1.82) is 0 Å². The van der Waals surface area contributed by atoms with Crippen LogP contribution in [0.2, 0.25) is 5.02 Å². The van der Waals surface area contributed by atoms with Crippen molar-refractivity contribution in [1.82, 2.24) is 0 Å². The van der Waals surface area contributed by atoms with Gasteiger partial charge < -0.3 is 5.11 Å². The number of anilines is 1. The summed E-state index contributed by atoms with van der Waals surface area (Å²) >= 11 is 5.67. The number of hydrogen-bond acceptors (Lipinski definition) is 3. The largest absolute Gasteiger partial charge is 0.478 e. The number of carbonyl (C=O) groups is 1. The molecule has 2 aromatic rings. The van der Waals surface area contributed by atoms with E-state index in [1.165, 1.54) is 24.3 Å². The van der Waals surface area contributed by atoms with E-state index >= 15 is 0 Å². The number of nitrogens with one attached hydrogen (secondary N) is 1. The molecule has 21 heavy (non-hydrogen) atoms. The van der Waals surface area contributed by atoms with E-state index in [4.69, 9.17) is 16.7 Å². The molecule has 5 nitrogen and oxygen atoms in total. The number of carboxylic acid groups (broad SMARTS) is 1. The molecule has 0 saturated carbocycles. The highest BCUT2D eigenvalue weighted by Crippen LogP contribution is 2.24. The number of benzene rings is 2. The van der Waals surface area contributed by atoms with Crippen LogP contribution < -0.4 is 4.72 Å². The molecule has 0 bridgehead atoms. The minimum Gasteiger partial charge on any atom is -0.478 e. The van der Waals surface area contributed by atoms with Gasteiger partial charge in [0.25, 0.3) is 10.0 Å². The maximum Gasteiger partial charge on any atom is 0.337 e. The Morgan fingerprint density at radius 3 is 2.48 bits per heavy atom. The third-order valence-corrected chi connectivity index (χ3v) is 4.22. The smallest absolute Gasteiger partial charge is 0.337 e. The first-order valence-electron chi connectivity index (χ1n) is 5.61. The van der Waals surface area contributed by atoms with E-state index in [9.17, 15) is 17.6 Å². The highest BCUT2D eigenvalue weighted by atomic mass is 35.5. The topological polar surface area (TPSA) is 83.5 Å². The number of rotatable bonds is 4. The zero-order valence-electron chi connectivity index (χ0n) is 10.4. The first-order chi connectivity index (χ1) is 9.81. The normalized spacial score (nSPS) is 11.1. The van der Waals surface area contributed by atoms with E-state index in [0.717, 1.165) is 18.2 Å². The van der Waals surface area contributed by atoms with Crippen LogP contribution in [0.5, 0.6) is 0 Å². The molecule has 110 valence electrons. The SMILES string of the molecule is O=C(O)c1cc(Cl)ccc1NS(=O)(=O)c1ccccc1F. The molecule has 0 fully saturated rings. The van der Waals surface area contributed by atoms with Crippen molar-refractivity contribution in [2.75, 3.05) is 4.72 Å². The van der Waals surface area contributed by atoms with Crippen LogP contribution in [0.4, 0.5) is 10.1 Å². The minimum atomic E-state index is -4.24. The molecule has 0 aliphatic carbocycles. The average molecular weight is 330 g/mol. The first kappa shape index (κ1) is 15.3. The Bertz CT molecular complexity index is 808. The summed E-state index contributed by atoms with van der Waals surface area (Å²) in [6.07, 6.45) is 0. The van der Waals surface area contributed by atoms with Crippen molar-refractivity contribution in [3.63, 3.8) is 0 Å². The maximum absolute atomic E-state index is 13.6. The second kappa shape index (κ2) is 5.71. The molecule has 0 atom stereocenters. The predicted octanol–water partition coefficient (Wildman–Crippen LogP) is 2.98. The van der Waals surface area contributed by atoms with E-state index in [0.29, 0.717) is 0 Å². The second-order valence-corrected chi connectivity index (χ2v) is 6.12. The summed E-state index contributed by atoms with van der Waals surface area (Å²) in [5, 5.41) is 9.18. The lowest BCUT2D eigenvalue weighted by molar-refractivity contribution is 0.0698. The van der Waals surface area contributed by atoms with Crippen molar-refractivity contribution >= 4 is 33.3 Å². The first-order valence-corrected chi connectivity index (χ1v) is 7.47. The van der Waals surface area contributed by atoms with Gasteiger partial charge in [0.05, 0.1) is 11.3 Å². The molecule has 0 aromatic heterocycles. The fourth-order valence-corrected chi connectivity index (χ4v) is 2.98. The molecular formula is C13H9ClFNO4S. The highest BCUT2D eigenvalue weighted by Gasteiger charge is 2.21. The lowest BCUT2D eigenvalue weighted by atomic mass is 10.2. The van der Waals surface area contributed by atoms with E-state index in [2.05, 4.69) is 0 Å². The van der Waals surface area contributed by atoms with Gasteiger partial charge in [-0.3, -0.25) is 4.72 Å². The maximum atomic E-state index is 13.6. The standard InChI is InChI=1S/C13H9ClFNO4S/c14-8-5-6-11(9(7-8)13(17)18)16-21(19,20)12-4-2-1-3-10(12)15/h1-7,16H,(H,17,18). The van der Waals surface area contributed by atoms with Crippen molar-refractivity contribution in [3.8, 4) is 0 Å². The van der Waals surface area contributed by atoms with Gasteiger partial charge in [-0.1, -0.05) is 23.7 Å². The number of aromatic carboxylic acids is 1. The lowest BCUT2D eigenvalue weighted by Gasteiger charge is -2.11. The van der Waals surface area contributed by atoms with Gasteiger partial charge in [-0.05, 0) is 30.3 Å². The number of sulfonamides is 1. The Kier molecular flexibility index (Phi) is 4.15. The summed E-state index contributed by atoms with van der Waals surface area (Å²) < 4.78 is 39.8. The zero-order chi connectivity index (χ0) is 15.6. The molecule has 0 unspecified atom stereocenters. The van der Waals surface area contributed by atoms with E-state index in [-0.39, 0.29) is 16.3 Å². The van der Waals surface area contributed by atoms with Gasteiger partial charge in [0.2, 0.25) is 0 Å². The Morgan fingerprint density at radius 2 is 1.86 bits per heavy atom. The molecule has 0 saturated heterocycles. The fraction of sp³-hybridized carbons (Fsp3) is 0. The van der Waals surface area contributed by atoms with Crippen LogP contribution in [0.25, 0.3) is 0 Å². The monoisotopic (exact) mass is 329 g/mol. The van der Waals surface area contributed by atoms with Crippen LogP contribution >= 0.6 is 11.6 Å². The quantitative estimate of drug-likeness (QED) is 0.903. The van der Waals surface area contributed by atoms with Crippen LogP contribution in [0, 0.1) is 5.82 Å². The van der Waals surface area contributed by atoms with Crippen LogP contribution in [0.1, 0.15) is 10.4 Å². The van der Waals surface area contributed by atoms with Gasteiger partial charge in [0.1, 0.15) is 10.7 Å².